The topological polar surface area (TPSA) is 71.8 Å². The summed E-state index contributed by atoms with van der Waals surface area (Å²) in [5.74, 6) is 1.71. The molecule has 0 saturated carbocycles. The summed E-state index contributed by atoms with van der Waals surface area (Å²) in [4.78, 5) is 16.7. The summed E-state index contributed by atoms with van der Waals surface area (Å²) in [7, 11) is 1.82. The van der Waals surface area contributed by atoms with E-state index in [-0.39, 0.29) is 5.91 Å². The minimum Gasteiger partial charge on any atom is -0.317 e. The number of hydrogen-bond acceptors (Lipinski definition) is 4. The lowest BCUT2D eigenvalue weighted by Gasteiger charge is -2.19. The second-order valence-electron chi connectivity index (χ2n) is 6.12. The number of nitrogens with zero attached hydrogens (tertiary/aromatic N) is 3. The van der Waals surface area contributed by atoms with Crippen LogP contribution in [-0.2, 0) is 18.3 Å². The van der Waals surface area contributed by atoms with Crippen molar-refractivity contribution in [2.75, 3.05) is 18.4 Å². The zero-order valence-corrected chi connectivity index (χ0v) is 15.3. The lowest BCUT2D eigenvalue weighted by Crippen LogP contribution is -2.27. The molecule has 1 fully saturated rings. The summed E-state index contributed by atoms with van der Waals surface area (Å²) in [6, 6.07) is 8.02. The van der Waals surface area contributed by atoms with Gasteiger partial charge in [0.1, 0.15) is 0 Å². The van der Waals surface area contributed by atoms with E-state index in [4.69, 9.17) is 0 Å². The maximum Gasteiger partial charge on any atom is 0.227 e. The Morgan fingerprint density at radius 1 is 1.33 bits per heavy atom. The van der Waals surface area contributed by atoms with E-state index in [1.807, 2.05) is 31.3 Å². The normalized spacial score (nSPS) is 15.4. The third-order valence-corrected chi connectivity index (χ3v) is 4.82. The molecule has 1 aliphatic heterocycles. The first kappa shape index (κ1) is 17.1. The number of nitrogens with one attached hydrogen (secondary N) is 2. The fourth-order valence-electron chi connectivity index (χ4n) is 2.86. The molecule has 2 heterocycles. The maximum atomic E-state index is 12.2. The van der Waals surface area contributed by atoms with Crippen molar-refractivity contribution < 1.29 is 4.79 Å². The molecular weight excluding hydrogens is 370 g/mol. The Labute approximate surface area is 150 Å². The van der Waals surface area contributed by atoms with Crippen LogP contribution in [0.15, 0.2) is 28.7 Å². The second-order valence-corrected chi connectivity index (χ2v) is 7.03. The number of anilines is 1. The van der Waals surface area contributed by atoms with Crippen LogP contribution in [0.2, 0.25) is 0 Å². The highest BCUT2D eigenvalue weighted by molar-refractivity contribution is 9.10. The van der Waals surface area contributed by atoms with Crippen molar-refractivity contribution >= 4 is 27.8 Å². The zero-order valence-electron chi connectivity index (χ0n) is 13.8. The molecule has 128 valence electrons. The Morgan fingerprint density at radius 3 is 2.75 bits per heavy atom. The second kappa shape index (κ2) is 7.90. The number of piperidine rings is 1. The van der Waals surface area contributed by atoms with Gasteiger partial charge >= 0.3 is 0 Å². The Morgan fingerprint density at radius 2 is 2.04 bits per heavy atom. The van der Waals surface area contributed by atoms with Crippen molar-refractivity contribution in [1.82, 2.24) is 20.1 Å². The van der Waals surface area contributed by atoms with Gasteiger partial charge in [-0.1, -0.05) is 28.1 Å². The number of hydrogen-bond donors (Lipinski definition) is 2. The number of aryl methyl sites for hydroxylation is 2. The monoisotopic (exact) mass is 391 g/mol. The average Bonchev–Trinajstić information content (AvgIpc) is 2.96. The first-order valence-corrected chi connectivity index (χ1v) is 9.07. The standard InChI is InChI=1S/C17H22BrN5O/c1-23-17(21-16(22-23)13-8-10-19-11-9-13)20-15(24)7-4-12-2-5-14(18)6-3-12/h2-3,5-6,13,19H,4,7-11H2,1H3,(H,20,21,22,24). The lowest BCUT2D eigenvalue weighted by atomic mass is 9.98. The van der Waals surface area contributed by atoms with Gasteiger partial charge in [0, 0.05) is 23.9 Å². The van der Waals surface area contributed by atoms with Crippen LogP contribution in [0.5, 0.6) is 0 Å². The molecular formula is C17H22BrN5O. The van der Waals surface area contributed by atoms with Crippen LogP contribution in [0.1, 0.15) is 36.6 Å². The maximum absolute atomic E-state index is 12.2. The highest BCUT2D eigenvalue weighted by Gasteiger charge is 2.21. The van der Waals surface area contributed by atoms with Crippen LogP contribution in [0, 0.1) is 0 Å². The first-order chi connectivity index (χ1) is 11.6. The number of benzene rings is 1. The van der Waals surface area contributed by atoms with Crippen molar-refractivity contribution in [3.05, 3.63) is 40.1 Å². The summed E-state index contributed by atoms with van der Waals surface area (Å²) < 4.78 is 2.70. The molecule has 1 aromatic carbocycles. The summed E-state index contributed by atoms with van der Waals surface area (Å²) in [5, 5.41) is 10.7. The minimum absolute atomic E-state index is 0.0368. The highest BCUT2D eigenvalue weighted by Crippen LogP contribution is 2.23. The molecule has 0 atom stereocenters. The van der Waals surface area contributed by atoms with Crippen molar-refractivity contribution in [1.29, 1.82) is 0 Å². The molecule has 0 bridgehead atoms. The Bertz CT molecular complexity index is 692. The van der Waals surface area contributed by atoms with Gasteiger partial charge in [-0.2, -0.15) is 10.1 Å². The van der Waals surface area contributed by atoms with E-state index in [1.165, 1.54) is 0 Å². The summed E-state index contributed by atoms with van der Waals surface area (Å²) >= 11 is 3.41. The molecule has 1 amide bonds. The summed E-state index contributed by atoms with van der Waals surface area (Å²) in [6.07, 6.45) is 3.22. The number of aromatic nitrogens is 3. The van der Waals surface area contributed by atoms with Crippen molar-refractivity contribution in [3.63, 3.8) is 0 Å². The quantitative estimate of drug-likeness (QED) is 0.821. The molecule has 2 N–H and O–H groups in total. The number of carbonyl (C=O) groups excluding carboxylic acids is 1. The number of rotatable bonds is 5. The molecule has 0 spiro atoms. The van der Waals surface area contributed by atoms with Crippen molar-refractivity contribution in [3.8, 4) is 0 Å². The van der Waals surface area contributed by atoms with Crippen LogP contribution in [0.4, 0.5) is 5.95 Å². The number of amides is 1. The zero-order chi connectivity index (χ0) is 16.9. The van der Waals surface area contributed by atoms with E-state index in [0.29, 0.717) is 24.7 Å². The van der Waals surface area contributed by atoms with Crippen LogP contribution in [-0.4, -0.2) is 33.8 Å². The molecule has 0 aliphatic carbocycles. The number of carbonyl (C=O) groups is 1. The first-order valence-electron chi connectivity index (χ1n) is 8.28. The van der Waals surface area contributed by atoms with Gasteiger partial charge in [-0.25, -0.2) is 4.68 Å². The van der Waals surface area contributed by atoms with Crippen molar-refractivity contribution in [2.24, 2.45) is 7.05 Å². The fraction of sp³-hybridized carbons (Fsp3) is 0.471. The molecule has 24 heavy (non-hydrogen) atoms. The molecule has 1 aliphatic rings. The molecule has 0 radical (unpaired) electrons. The lowest BCUT2D eigenvalue weighted by molar-refractivity contribution is -0.116. The summed E-state index contributed by atoms with van der Waals surface area (Å²) in [6.45, 7) is 2.00. The average molecular weight is 392 g/mol. The number of halogens is 1. The van der Waals surface area contributed by atoms with Crippen LogP contribution >= 0.6 is 15.9 Å². The largest absolute Gasteiger partial charge is 0.317 e. The highest BCUT2D eigenvalue weighted by atomic mass is 79.9. The van der Waals surface area contributed by atoms with E-state index in [9.17, 15) is 4.79 Å². The van der Waals surface area contributed by atoms with E-state index in [2.05, 4.69) is 36.6 Å². The van der Waals surface area contributed by atoms with Gasteiger partial charge in [0.05, 0.1) is 0 Å². The Hall–Kier alpha value is -1.73. The molecule has 0 unspecified atom stereocenters. The molecule has 1 aromatic heterocycles. The van der Waals surface area contributed by atoms with E-state index in [1.54, 1.807) is 4.68 Å². The van der Waals surface area contributed by atoms with E-state index in [0.717, 1.165) is 41.8 Å². The third-order valence-electron chi connectivity index (χ3n) is 4.29. The van der Waals surface area contributed by atoms with Crippen LogP contribution in [0.25, 0.3) is 0 Å². The van der Waals surface area contributed by atoms with Gasteiger partial charge in [-0.3, -0.25) is 10.1 Å². The molecule has 6 nitrogen and oxygen atoms in total. The molecule has 3 rings (SSSR count). The Balaban J connectivity index is 1.55. The fourth-order valence-corrected chi connectivity index (χ4v) is 3.13. The van der Waals surface area contributed by atoms with Gasteiger partial charge in [0.2, 0.25) is 11.9 Å². The van der Waals surface area contributed by atoms with Gasteiger partial charge in [0.15, 0.2) is 5.82 Å². The smallest absolute Gasteiger partial charge is 0.227 e. The van der Waals surface area contributed by atoms with Crippen LogP contribution < -0.4 is 10.6 Å². The predicted molar refractivity (Wildman–Crippen MR) is 96.9 cm³/mol. The van der Waals surface area contributed by atoms with E-state index < -0.39 is 0 Å². The molecule has 1 saturated heterocycles. The minimum atomic E-state index is -0.0368. The van der Waals surface area contributed by atoms with Crippen molar-refractivity contribution in [2.45, 2.75) is 31.6 Å². The molecule has 7 heteroatoms. The van der Waals surface area contributed by atoms with Crippen LogP contribution in [0.3, 0.4) is 0 Å². The van der Waals surface area contributed by atoms with E-state index >= 15 is 0 Å². The predicted octanol–water partition coefficient (Wildman–Crippen LogP) is 2.62. The summed E-state index contributed by atoms with van der Waals surface area (Å²) in [5.41, 5.74) is 1.14. The van der Waals surface area contributed by atoms with Gasteiger partial charge in [-0.15, -0.1) is 0 Å². The van der Waals surface area contributed by atoms with Gasteiger partial charge in [-0.05, 0) is 50.0 Å². The molecule has 2 aromatic rings. The Kier molecular flexibility index (Phi) is 5.63. The third kappa shape index (κ3) is 4.42. The SMILES string of the molecule is Cn1nc(C2CCNCC2)nc1NC(=O)CCc1ccc(Br)cc1. The van der Waals surface area contributed by atoms with Gasteiger partial charge in [0.25, 0.3) is 0 Å². The van der Waals surface area contributed by atoms with Gasteiger partial charge < -0.3 is 5.32 Å².